The summed E-state index contributed by atoms with van der Waals surface area (Å²) in [5, 5.41) is 1.08. The van der Waals surface area contributed by atoms with E-state index in [1.165, 1.54) is 0 Å². The molecule has 0 N–H and O–H groups in total. The fourth-order valence-electron chi connectivity index (χ4n) is 3.28. The van der Waals surface area contributed by atoms with Crippen LogP contribution in [-0.4, -0.2) is 23.6 Å². The fraction of sp³-hybridized carbons (Fsp3) is 0.200. The van der Waals surface area contributed by atoms with Crippen LogP contribution in [0.25, 0.3) is 22.3 Å². The Morgan fingerprint density at radius 3 is 2.24 bits per heavy atom. The summed E-state index contributed by atoms with van der Waals surface area (Å²) >= 11 is 0. The highest BCUT2D eigenvalue weighted by Crippen LogP contribution is 2.29. The van der Waals surface area contributed by atoms with Gasteiger partial charge in [-0.25, -0.2) is 9.97 Å². The molecule has 4 nitrogen and oxygen atoms in total. The van der Waals surface area contributed by atoms with Crippen LogP contribution >= 0.6 is 0 Å². The lowest BCUT2D eigenvalue weighted by molar-refractivity contribution is 0.483. The summed E-state index contributed by atoms with van der Waals surface area (Å²) < 4.78 is 5.90. The molecule has 4 aromatic rings. The summed E-state index contributed by atoms with van der Waals surface area (Å²) in [6.07, 6.45) is 2.29. The number of rotatable bonds is 7. The van der Waals surface area contributed by atoms with Gasteiger partial charge in [0, 0.05) is 24.5 Å². The van der Waals surface area contributed by atoms with E-state index in [0.717, 1.165) is 59.0 Å². The molecule has 0 bridgehead atoms. The number of anilines is 1. The zero-order chi connectivity index (χ0) is 20.1. The maximum Gasteiger partial charge on any atom is 0.162 e. The number of para-hydroxylation sites is 2. The summed E-state index contributed by atoms with van der Waals surface area (Å²) in [5.74, 6) is 3.32. The molecule has 0 atom stereocenters. The van der Waals surface area contributed by atoms with Gasteiger partial charge >= 0.3 is 0 Å². The molecule has 1 heterocycles. The Morgan fingerprint density at radius 2 is 1.48 bits per heavy atom. The standard InChI is InChI=1S/C25H25N3O/c1-3-4-18-28(2)25-22-12-8-9-13-23(22)26-24(27-25)19-14-16-21(17-15-19)29-20-10-6-5-7-11-20/h5-17H,3-4,18H2,1-2H3. The van der Waals surface area contributed by atoms with E-state index in [1.807, 2.05) is 72.8 Å². The van der Waals surface area contributed by atoms with Gasteiger partial charge in [-0.1, -0.05) is 43.7 Å². The van der Waals surface area contributed by atoms with Crippen molar-refractivity contribution in [1.29, 1.82) is 0 Å². The van der Waals surface area contributed by atoms with E-state index in [-0.39, 0.29) is 0 Å². The van der Waals surface area contributed by atoms with Crippen LogP contribution in [0.4, 0.5) is 5.82 Å². The van der Waals surface area contributed by atoms with Gasteiger partial charge in [0.1, 0.15) is 17.3 Å². The number of unbranched alkanes of at least 4 members (excludes halogenated alkanes) is 1. The minimum absolute atomic E-state index is 0.730. The number of benzene rings is 3. The number of nitrogens with zero attached hydrogens (tertiary/aromatic N) is 3. The van der Waals surface area contributed by atoms with E-state index in [1.54, 1.807) is 0 Å². The normalized spacial score (nSPS) is 10.8. The molecule has 0 fully saturated rings. The second kappa shape index (κ2) is 8.74. The Hall–Kier alpha value is -3.40. The summed E-state index contributed by atoms with van der Waals surface area (Å²) in [7, 11) is 2.10. The van der Waals surface area contributed by atoms with Crippen molar-refractivity contribution in [3.63, 3.8) is 0 Å². The zero-order valence-corrected chi connectivity index (χ0v) is 16.9. The van der Waals surface area contributed by atoms with Crippen molar-refractivity contribution in [3.05, 3.63) is 78.9 Å². The van der Waals surface area contributed by atoms with Gasteiger partial charge in [0.2, 0.25) is 0 Å². The largest absolute Gasteiger partial charge is 0.457 e. The predicted octanol–water partition coefficient (Wildman–Crippen LogP) is 6.33. The first-order chi connectivity index (χ1) is 14.2. The smallest absolute Gasteiger partial charge is 0.162 e. The Morgan fingerprint density at radius 1 is 0.793 bits per heavy atom. The van der Waals surface area contributed by atoms with Crippen molar-refractivity contribution in [3.8, 4) is 22.9 Å². The van der Waals surface area contributed by atoms with Crippen molar-refractivity contribution >= 4 is 16.7 Å². The van der Waals surface area contributed by atoms with E-state index < -0.39 is 0 Å². The first-order valence-electron chi connectivity index (χ1n) is 10.1. The van der Waals surface area contributed by atoms with Crippen molar-refractivity contribution in [2.24, 2.45) is 0 Å². The van der Waals surface area contributed by atoms with Crippen molar-refractivity contribution < 1.29 is 4.74 Å². The summed E-state index contributed by atoms with van der Waals surface area (Å²) in [6.45, 7) is 3.18. The molecular weight excluding hydrogens is 358 g/mol. The number of hydrogen-bond donors (Lipinski definition) is 0. The number of ether oxygens (including phenoxy) is 1. The van der Waals surface area contributed by atoms with Gasteiger partial charge in [-0.2, -0.15) is 0 Å². The molecule has 1 aromatic heterocycles. The first kappa shape index (κ1) is 18.9. The molecule has 0 aliphatic carbocycles. The summed E-state index contributed by atoms with van der Waals surface area (Å²) in [4.78, 5) is 11.9. The van der Waals surface area contributed by atoms with Crippen LogP contribution in [0.1, 0.15) is 19.8 Å². The average Bonchev–Trinajstić information content (AvgIpc) is 2.78. The Labute approximate surface area is 171 Å². The molecule has 146 valence electrons. The number of aromatic nitrogens is 2. The second-order valence-electron chi connectivity index (χ2n) is 7.10. The van der Waals surface area contributed by atoms with Crippen molar-refractivity contribution in [2.45, 2.75) is 19.8 Å². The van der Waals surface area contributed by atoms with Crippen LogP contribution in [0.2, 0.25) is 0 Å². The molecule has 0 saturated carbocycles. The molecular formula is C25H25N3O. The highest BCUT2D eigenvalue weighted by molar-refractivity contribution is 5.91. The molecule has 0 spiro atoms. The number of hydrogen-bond acceptors (Lipinski definition) is 4. The second-order valence-corrected chi connectivity index (χ2v) is 7.10. The zero-order valence-electron chi connectivity index (χ0n) is 16.9. The molecule has 0 unspecified atom stereocenters. The Balaban J connectivity index is 1.66. The molecule has 0 radical (unpaired) electrons. The van der Waals surface area contributed by atoms with Crippen LogP contribution in [0.3, 0.4) is 0 Å². The van der Waals surface area contributed by atoms with E-state index >= 15 is 0 Å². The quantitative estimate of drug-likeness (QED) is 0.374. The van der Waals surface area contributed by atoms with E-state index in [9.17, 15) is 0 Å². The fourth-order valence-corrected chi connectivity index (χ4v) is 3.28. The van der Waals surface area contributed by atoms with Crippen LogP contribution in [0, 0.1) is 0 Å². The highest BCUT2D eigenvalue weighted by Gasteiger charge is 2.12. The molecule has 3 aromatic carbocycles. The van der Waals surface area contributed by atoms with Crippen LogP contribution in [-0.2, 0) is 0 Å². The van der Waals surface area contributed by atoms with Gasteiger partial charge in [-0.3, -0.25) is 0 Å². The third-order valence-electron chi connectivity index (χ3n) is 4.88. The van der Waals surface area contributed by atoms with E-state index in [2.05, 4.69) is 24.9 Å². The molecule has 0 amide bonds. The third-order valence-corrected chi connectivity index (χ3v) is 4.88. The van der Waals surface area contributed by atoms with Gasteiger partial charge in [0.25, 0.3) is 0 Å². The Bertz CT molecular complexity index is 1080. The van der Waals surface area contributed by atoms with Crippen molar-refractivity contribution in [2.75, 3.05) is 18.5 Å². The maximum absolute atomic E-state index is 5.90. The van der Waals surface area contributed by atoms with Crippen LogP contribution in [0.15, 0.2) is 78.9 Å². The maximum atomic E-state index is 5.90. The van der Waals surface area contributed by atoms with Gasteiger partial charge < -0.3 is 9.64 Å². The average molecular weight is 383 g/mol. The highest BCUT2D eigenvalue weighted by atomic mass is 16.5. The minimum atomic E-state index is 0.730. The lowest BCUT2D eigenvalue weighted by atomic mass is 10.1. The van der Waals surface area contributed by atoms with Gasteiger partial charge in [-0.05, 0) is 55.0 Å². The van der Waals surface area contributed by atoms with E-state index in [0.29, 0.717) is 0 Å². The van der Waals surface area contributed by atoms with Gasteiger partial charge in [-0.15, -0.1) is 0 Å². The minimum Gasteiger partial charge on any atom is -0.457 e. The molecule has 0 aliphatic rings. The van der Waals surface area contributed by atoms with Crippen LogP contribution < -0.4 is 9.64 Å². The molecule has 0 aliphatic heterocycles. The summed E-state index contributed by atoms with van der Waals surface area (Å²) in [5.41, 5.74) is 1.93. The Kier molecular flexibility index (Phi) is 5.71. The van der Waals surface area contributed by atoms with Gasteiger partial charge in [0.15, 0.2) is 5.82 Å². The molecule has 4 rings (SSSR count). The summed E-state index contributed by atoms with van der Waals surface area (Å²) in [6, 6.07) is 25.9. The molecule has 29 heavy (non-hydrogen) atoms. The van der Waals surface area contributed by atoms with Gasteiger partial charge in [0.05, 0.1) is 5.52 Å². The van der Waals surface area contributed by atoms with E-state index in [4.69, 9.17) is 14.7 Å². The monoisotopic (exact) mass is 383 g/mol. The first-order valence-corrected chi connectivity index (χ1v) is 10.1. The van der Waals surface area contributed by atoms with Crippen molar-refractivity contribution in [1.82, 2.24) is 9.97 Å². The number of fused-ring (bicyclic) bond motifs is 1. The SMILES string of the molecule is CCCCN(C)c1nc(-c2ccc(Oc3ccccc3)cc2)nc2ccccc12. The lowest BCUT2D eigenvalue weighted by Crippen LogP contribution is -2.20. The van der Waals surface area contributed by atoms with Crippen LogP contribution in [0.5, 0.6) is 11.5 Å². The lowest BCUT2D eigenvalue weighted by Gasteiger charge is -2.20. The third kappa shape index (κ3) is 4.37. The topological polar surface area (TPSA) is 38.2 Å². The predicted molar refractivity (Wildman–Crippen MR) is 120 cm³/mol. The molecule has 4 heteroatoms. The molecule has 0 saturated heterocycles.